The van der Waals surface area contributed by atoms with Crippen LogP contribution in [-0.2, 0) is 11.2 Å². The number of ether oxygens (including phenoxy) is 1. The number of likely N-dealkylation sites (N-methyl/N-ethyl adjacent to an activating group) is 1. The molecule has 3 atom stereocenters. The average Bonchev–Trinajstić information content (AvgIpc) is 3.15. The number of carbonyl (C=O) groups excluding carboxylic acids is 1. The number of para-hydroxylation sites is 1. The summed E-state index contributed by atoms with van der Waals surface area (Å²) < 4.78 is 5.92. The zero-order chi connectivity index (χ0) is 21.7. The van der Waals surface area contributed by atoms with Gasteiger partial charge in [-0.3, -0.25) is 9.78 Å². The fraction of sp³-hybridized carbons (Fsp3) is 0.391. The number of nitrogens with zero attached hydrogens (tertiary/aromatic N) is 2. The SMILES string of the molecule is C[C@H](Cc1c[nH]c2c(O[C@H](C)C(=O)N(C)C)cccc12)NC[C@@H](O)c1cccnc1. The van der Waals surface area contributed by atoms with Crippen LogP contribution < -0.4 is 10.1 Å². The number of aromatic amines is 1. The highest BCUT2D eigenvalue weighted by Crippen LogP contribution is 2.29. The van der Waals surface area contributed by atoms with Crippen molar-refractivity contribution in [3.8, 4) is 5.75 Å². The Labute approximate surface area is 177 Å². The number of H-pyrrole nitrogens is 1. The van der Waals surface area contributed by atoms with E-state index in [0.717, 1.165) is 28.5 Å². The summed E-state index contributed by atoms with van der Waals surface area (Å²) in [7, 11) is 3.43. The van der Waals surface area contributed by atoms with E-state index < -0.39 is 12.2 Å². The van der Waals surface area contributed by atoms with Gasteiger partial charge in [-0.25, -0.2) is 0 Å². The number of hydrogen-bond acceptors (Lipinski definition) is 5. The first-order valence-corrected chi connectivity index (χ1v) is 10.1. The van der Waals surface area contributed by atoms with Crippen LogP contribution in [0.5, 0.6) is 5.75 Å². The monoisotopic (exact) mass is 410 g/mol. The molecular weight excluding hydrogens is 380 g/mol. The van der Waals surface area contributed by atoms with Gasteiger partial charge in [0.25, 0.3) is 5.91 Å². The summed E-state index contributed by atoms with van der Waals surface area (Å²) >= 11 is 0. The summed E-state index contributed by atoms with van der Waals surface area (Å²) in [5.74, 6) is 0.581. The van der Waals surface area contributed by atoms with Gasteiger partial charge in [-0.05, 0) is 38.0 Å². The Hall–Kier alpha value is -2.90. The molecule has 0 saturated heterocycles. The molecule has 0 unspecified atom stereocenters. The summed E-state index contributed by atoms with van der Waals surface area (Å²) in [6.45, 7) is 4.30. The Morgan fingerprint density at radius 1 is 1.27 bits per heavy atom. The summed E-state index contributed by atoms with van der Waals surface area (Å²) in [6.07, 6.45) is 4.98. The standard InChI is InChI=1S/C23H30N4O3/c1-15(25-14-20(28)17-7-6-10-24-12-17)11-18-13-26-22-19(18)8-5-9-21(22)30-16(2)23(29)27(3)4/h5-10,12-13,15-16,20,25-26,28H,11,14H2,1-4H3/t15-,16-,20-/m1/s1. The van der Waals surface area contributed by atoms with E-state index in [0.29, 0.717) is 12.3 Å². The normalized spacial score (nSPS) is 14.3. The number of aliphatic hydroxyl groups excluding tert-OH is 1. The minimum absolute atomic E-state index is 0.0798. The molecule has 3 rings (SSSR count). The van der Waals surface area contributed by atoms with Crippen LogP contribution >= 0.6 is 0 Å². The van der Waals surface area contributed by atoms with Gasteiger partial charge >= 0.3 is 0 Å². The van der Waals surface area contributed by atoms with Crippen LogP contribution in [0, 0.1) is 0 Å². The summed E-state index contributed by atoms with van der Waals surface area (Å²) in [4.78, 5) is 21.0. The summed E-state index contributed by atoms with van der Waals surface area (Å²) in [5, 5.41) is 14.8. The molecule has 0 radical (unpaired) electrons. The van der Waals surface area contributed by atoms with E-state index in [2.05, 4.69) is 22.2 Å². The topological polar surface area (TPSA) is 90.5 Å². The van der Waals surface area contributed by atoms with Crippen LogP contribution in [0.15, 0.2) is 48.9 Å². The third-order valence-corrected chi connectivity index (χ3v) is 5.11. The Balaban J connectivity index is 1.65. The van der Waals surface area contributed by atoms with Gasteiger partial charge in [0.15, 0.2) is 6.10 Å². The number of hydrogen-bond donors (Lipinski definition) is 3. The molecule has 0 bridgehead atoms. The zero-order valence-electron chi connectivity index (χ0n) is 17.9. The fourth-order valence-electron chi connectivity index (χ4n) is 3.46. The van der Waals surface area contributed by atoms with E-state index in [1.54, 1.807) is 33.4 Å². The van der Waals surface area contributed by atoms with E-state index in [1.807, 2.05) is 36.5 Å². The first-order chi connectivity index (χ1) is 14.4. The number of benzene rings is 1. The molecule has 0 fully saturated rings. The van der Waals surface area contributed by atoms with Crippen LogP contribution in [0.25, 0.3) is 10.9 Å². The van der Waals surface area contributed by atoms with Crippen LogP contribution in [0.4, 0.5) is 0 Å². The maximum atomic E-state index is 12.1. The highest BCUT2D eigenvalue weighted by molar-refractivity contribution is 5.89. The summed E-state index contributed by atoms with van der Waals surface area (Å²) in [6, 6.07) is 9.70. The fourth-order valence-corrected chi connectivity index (χ4v) is 3.46. The molecule has 0 saturated carbocycles. The number of nitrogens with one attached hydrogen (secondary N) is 2. The van der Waals surface area contributed by atoms with Gasteiger partial charge < -0.3 is 25.0 Å². The van der Waals surface area contributed by atoms with Crippen LogP contribution in [-0.4, -0.2) is 58.7 Å². The smallest absolute Gasteiger partial charge is 0.262 e. The molecule has 0 spiro atoms. The number of rotatable bonds is 9. The van der Waals surface area contributed by atoms with Crippen molar-refractivity contribution in [2.75, 3.05) is 20.6 Å². The molecule has 0 aliphatic carbocycles. The maximum absolute atomic E-state index is 12.1. The van der Waals surface area contributed by atoms with Crippen molar-refractivity contribution < 1.29 is 14.6 Å². The van der Waals surface area contributed by atoms with E-state index in [4.69, 9.17) is 4.74 Å². The second kappa shape index (κ2) is 9.73. The molecule has 2 aromatic heterocycles. The molecule has 0 aliphatic rings. The minimum Gasteiger partial charge on any atom is -0.479 e. The van der Waals surface area contributed by atoms with Crippen molar-refractivity contribution in [3.63, 3.8) is 0 Å². The third-order valence-electron chi connectivity index (χ3n) is 5.11. The largest absolute Gasteiger partial charge is 0.479 e. The number of aliphatic hydroxyl groups is 1. The van der Waals surface area contributed by atoms with E-state index in [1.165, 1.54) is 4.90 Å². The predicted octanol–water partition coefficient (Wildman–Crippen LogP) is 2.67. The van der Waals surface area contributed by atoms with Crippen molar-refractivity contribution >= 4 is 16.8 Å². The lowest BCUT2D eigenvalue weighted by atomic mass is 10.1. The van der Waals surface area contributed by atoms with Crippen molar-refractivity contribution in [1.82, 2.24) is 20.2 Å². The number of carbonyl (C=O) groups is 1. The first kappa shape index (κ1) is 21.8. The highest BCUT2D eigenvalue weighted by Gasteiger charge is 2.19. The quantitative estimate of drug-likeness (QED) is 0.505. The van der Waals surface area contributed by atoms with Gasteiger partial charge in [0.2, 0.25) is 0 Å². The second-order valence-corrected chi connectivity index (χ2v) is 7.80. The van der Waals surface area contributed by atoms with Gasteiger partial charge in [0, 0.05) is 56.2 Å². The molecule has 2 heterocycles. The Morgan fingerprint density at radius 2 is 2.07 bits per heavy atom. The van der Waals surface area contributed by atoms with E-state index >= 15 is 0 Å². The molecule has 1 amide bonds. The molecule has 7 nitrogen and oxygen atoms in total. The van der Waals surface area contributed by atoms with Crippen molar-refractivity contribution in [1.29, 1.82) is 0 Å². The Morgan fingerprint density at radius 3 is 2.77 bits per heavy atom. The minimum atomic E-state index is -0.597. The van der Waals surface area contributed by atoms with Gasteiger partial charge in [0.1, 0.15) is 5.75 Å². The summed E-state index contributed by atoms with van der Waals surface area (Å²) in [5.41, 5.74) is 2.83. The Kier molecular flexibility index (Phi) is 7.07. The molecule has 7 heteroatoms. The predicted molar refractivity (Wildman–Crippen MR) is 117 cm³/mol. The Bertz CT molecular complexity index is 971. The number of fused-ring (bicyclic) bond motifs is 1. The number of amides is 1. The molecule has 0 aliphatic heterocycles. The molecule has 3 N–H and O–H groups in total. The average molecular weight is 411 g/mol. The first-order valence-electron chi connectivity index (χ1n) is 10.1. The number of pyridine rings is 1. The molecular formula is C23H30N4O3. The zero-order valence-corrected chi connectivity index (χ0v) is 17.9. The molecule has 160 valence electrons. The highest BCUT2D eigenvalue weighted by atomic mass is 16.5. The van der Waals surface area contributed by atoms with Crippen molar-refractivity contribution in [2.45, 2.75) is 38.5 Å². The maximum Gasteiger partial charge on any atom is 0.262 e. The number of aromatic nitrogens is 2. The lowest BCUT2D eigenvalue weighted by Crippen LogP contribution is -2.35. The van der Waals surface area contributed by atoms with Gasteiger partial charge in [-0.2, -0.15) is 0 Å². The third kappa shape index (κ3) is 5.17. The van der Waals surface area contributed by atoms with Crippen LogP contribution in [0.1, 0.15) is 31.1 Å². The van der Waals surface area contributed by atoms with Crippen molar-refractivity contribution in [2.24, 2.45) is 0 Å². The molecule has 3 aromatic rings. The van der Waals surface area contributed by atoms with E-state index in [-0.39, 0.29) is 11.9 Å². The van der Waals surface area contributed by atoms with Gasteiger partial charge in [-0.1, -0.05) is 18.2 Å². The van der Waals surface area contributed by atoms with Crippen LogP contribution in [0.2, 0.25) is 0 Å². The van der Waals surface area contributed by atoms with E-state index in [9.17, 15) is 9.90 Å². The molecule has 1 aromatic carbocycles. The van der Waals surface area contributed by atoms with Gasteiger partial charge in [0.05, 0.1) is 11.6 Å². The van der Waals surface area contributed by atoms with Gasteiger partial charge in [-0.15, -0.1) is 0 Å². The molecule has 30 heavy (non-hydrogen) atoms. The second-order valence-electron chi connectivity index (χ2n) is 7.80. The lowest BCUT2D eigenvalue weighted by Gasteiger charge is -2.19. The van der Waals surface area contributed by atoms with Crippen LogP contribution in [0.3, 0.4) is 0 Å². The lowest BCUT2D eigenvalue weighted by molar-refractivity contribution is -0.135. The van der Waals surface area contributed by atoms with Crippen molar-refractivity contribution in [3.05, 3.63) is 60.0 Å².